The Hall–Kier alpha value is -1.39. The fourth-order valence-corrected chi connectivity index (χ4v) is 4.62. The minimum absolute atomic E-state index is 0.0474. The Labute approximate surface area is 229 Å². The first-order chi connectivity index (χ1) is 18.9. The van der Waals surface area contributed by atoms with Crippen LogP contribution < -0.4 is 5.32 Å². The SMILES string of the molecule is C=CCO[C@@H]1O[C@H](CO[C@H]2O[C@H](CO)[C@@H](O)[C@H](O)[C@@H]2O[C@@H]2O[C@H](CO)[C@@H](O)[C@H](O)[C@H]2NC(C)=O)[C@@H](O)[C@H](O)[C@H]1O. The summed E-state index contributed by atoms with van der Waals surface area (Å²) in [5.74, 6) is -0.637. The van der Waals surface area contributed by atoms with Crippen LogP contribution in [0.2, 0.25) is 0 Å². The molecule has 0 radical (unpaired) electrons. The van der Waals surface area contributed by atoms with Crippen LogP contribution in [0.3, 0.4) is 0 Å². The Morgan fingerprint density at radius 1 is 0.750 bits per heavy atom. The summed E-state index contributed by atoms with van der Waals surface area (Å²) in [6.07, 6.45) is -20.6. The normalized spacial score (nSPS) is 46.1. The molecule has 3 aliphatic heterocycles. The standard InChI is InChI=1S/C23H39NO16/c1-3-4-35-22-19(34)17(32)15(30)11(39-22)7-36-23-20(18(33)14(29)10(6-26)38-23)40-21-12(24-8(2)27)16(31)13(28)9(5-25)37-21/h3,9-23,25-26,28-34H,1,4-7H2,2H3,(H,24,27)/t9-,10-,11-,12-,13-,14-,15-,16-,17+,18+,19-,20+,21+,22-,23+/m1/s1. The third kappa shape index (κ3) is 7.33. The number of rotatable bonds is 11. The number of nitrogens with one attached hydrogen (secondary N) is 1. The Morgan fingerprint density at radius 3 is 1.88 bits per heavy atom. The number of hydrogen-bond acceptors (Lipinski definition) is 16. The zero-order valence-electron chi connectivity index (χ0n) is 21.7. The van der Waals surface area contributed by atoms with Gasteiger partial charge < -0.3 is 79.7 Å². The monoisotopic (exact) mass is 585 g/mol. The lowest BCUT2D eigenvalue weighted by atomic mass is 9.95. The summed E-state index contributed by atoms with van der Waals surface area (Å²) in [7, 11) is 0. The first kappa shape index (κ1) is 33.1. The molecule has 1 amide bonds. The first-order valence-electron chi connectivity index (χ1n) is 12.7. The highest BCUT2D eigenvalue weighted by molar-refractivity contribution is 5.73. The highest BCUT2D eigenvalue weighted by Crippen LogP contribution is 2.31. The maximum atomic E-state index is 11.7. The molecule has 3 heterocycles. The van der Waals surface area contributed by atoms with Crippen molar-refractivity contribution in [3.63, 3.8) is 0 Å². The molecule has 3 saturated heterocycles. The van der Waals surface area contributed by atoms with E-state index >= 15 is 0 Å². The summed E-state index contributed by atoms with van der Waals surface area (Å²) in [6, 6.07) is -1.40. The summed E-state index contributed by atoms with van der Waals surface area (Å²) in [6.45, 7) is 2.51. The van der Waals surface area contributed by atoms with Crippen molar-refractivity contribution in [1.29, 1.82) is 0 Å². The van der Waals surface area contributed by atoms with Gasteiger partial charge in [-0.25, -0.2) is 0 Å². The van der Waals surface area contributed by atoms with Crippen molar-refractivity contribution in [2.24, 2.45) is 0 Å². The summed E-state index contributed by atoms with van der Waals surface area (Å²) in [4.78, 5) is 11.7. The number of amides is 1. The van der Waals surface area contributed by atoms with E-state index in [1.807, 2.05) is 0 Å². The van der Waals surface area contributed by atoms with Crippen LogP contribution in [0.5, 0.6) is 0 Å². The van der Waals surface area contributed by atoms with Crippen LogP contribution in [-0.4, -0.2) is 170 Å². The van der Waals surface area contributed by atoms with Crippen LogP contribution in [-0.2, 0) is 33.2 Å². The van der Waals surface area contributed by atoms with Crippen molar-refractivity contribution < 1.29 is 79.2 Å². The second kappa shape index (κ2) is 14.7. The predicted molar refractivity (Wildman–Crippen MR) is 127 cm³/mol. The molecular weight excluding hydrogens is 546 g/mol. The zero-order valence-corrected chi connectivity index (χ0v) is 21.7. The largest absolute Gasteiger partial charge is 0.394 e. The maximum absolute atomic E-state index is 11.7. The average Bonchev–Trinajstić information content (AvgIpc) is 2.93. The van der Waals surface area contributed by atoms with E-state index < -0.39 is 118 Å². The molecule has 0 aromatic carbocycles. The van der Waals surface area contributed by atoms with Crippen molar-refractivity contribution in [1.82, 2.24) is 5.32 Å². The summed E-state index contributed by atoms with van der Waals surface area (Å²) in [5, 5.41) is 94.3. The van der Waals surface area contributed by atoms with Gasteiger partial charge in [-0.2, -0.15) is 0 Å². The summed E-state index contributed by atoms with van der Waals surface area (Å²) in [5.41, 5.74) is 0. The minimum Gasteiger partial charge on any atom is -0.394 e. The smallest absolute Gasteiger partial charge is 0.217 e. The van der Waals surface area contributed by atoms with Crippen molar-refractivity contribution in [3.05, 3.63) is 12.7 Å². The molecular formula is C23H39NO16. The van der Waals surface area contributed by atoms with Crippen molar-refractivity contribution in [2.75, 3.05) is 26.4 Å². The molecule has 3 aliphatic rings. The molecule has 10 N–H and O–H groups in total. The number of ether oxygens (including phenoxy) is 6. The molecule has 17 nitrogen and oxygen atoms in total. The van der Waals surface area contributed by atoms with E-state index in [2.05, 4.69) is 11.9 Å². The van der Waals surface area contributed by atoms with Crippen LogP contribution in [0, 0.1) is 0 Å². The maximum Gasteiger partial charge on any atom is 0.217 e. The van der Waals surface area contributed by atoms with E-state index in [4.69, 9.17) is 28.4 Å². The lowest BCUT2D eigenvalue weighted by Crippen LogP contribution is -2.67. The Balaban J connectivity index is 1.80. The van der Waals surface area contributed by atoms with Crippen LogP contribution in [0.15, 0.2) is 12.7 Å². The molecule has 3 rings (SSSR count). The van der Waals surface area contributed by atoms with Crippen molar-refractivity contribution in [3.8, 4) is 0 Å². The van der Waals surface area contributed by atoms with E-state index in [0.29, 0.717) is 0 Å². The van der Waals surface area contributed by atoms with E-state index in [9.17, 15) is 50.8 Å². The molecule has 40 heavy (non-hydrogen) atoms. The molecule has 0 aliphatic carbocycles. The van der Waals surface area contributed by atoms with Gasteiger partial charge in [-0.05, 0) is 0 Å². The van der Waals surface area contributed by atoms with Gasteiger partial charge in [-0.3, -0.25) is 4.79 Å². The van der Waals surface area contributed by atoms with E-state index in [1.54, 1.807) is 0 Å². The minimum atomic E-state index is -1.80. The molecule has 0 aromatic heterocycles. The van der Waals surface area contributed by atoms with Gasteiger partial charge in [0.25, 0.3) is 0 Å². The van der Waals surface area contributed by atoms with Crippen LogP contribution in [0.4, 0.5) is 0 Å². The average molecular weight is 586 g/mol. The van der Waals surface area contributed by atoms with E-state index in [1.165, 1.54) is 6.08 Å². The third-order valence-electron chi connectivity index (χ3n) is 6.84. The fraction of sp³-hybridized carbons (Fsp3) is 0.870. The lowest BCUT2D eigenvalue weighted by molar-refractivity contribution is -0.363. The number of carbonyl (C=O) groups excluding carboxylic acids is 1. The first-order valence-corrected chi connectivity index (χ1v) is 12.7. The highest BCUT2D eigenvalue weighted by atomic mass is 16.8. The van der Waals surface area contributed by atoms with Gasteiger partial charge >= 0.3 is 0 Å². The van der Waals surface area contributed by atoms with E-state index in [0.717, 1.165) is 6.92 Å². The van der Waals surface area contributed by atoms with Crippen LogP contribution in [0.25, 0.3) is 0 Å². The lowest BCUT2D eigenvalue weighted by Gasteiger charge is -2.47. The van der Waals surface area contributed by atoms with E-state index in [-0.39, 0.29) is 6.61 Å². The number of carbonyl (C=O) groups is 1. The molecule has 0 spiro atoms. The highest BCUT2D eigenvalue weighted by Gasteiger charge is 2.52. The van der Waals surface area contributed by atoms with Crippen molar-refractivity contribution in [2.45, 2.75) is 99.0 Å². The van der Waals surface area contributed by atoms with Gasteiger partial charge in [0.2, 0.25) is 5.91 Å². The number of aliphatic hydroxyl groups is 9. The molecule has 232 valence electrons. The third-order valence-corrected chi connectivity index (χ3v) is 6.84. The van der Waals surface area contributed by atoms with Gasteiger partial charge in [-0.15, -0.1) is 6.58 Å². The quantitative estimate of drug-likeness (QED) is 0.101. The molecule has 3 fully saturated rings. The fourth-order valence-electron chi connectivity index (χ4n) is 4.62. The van der Waals surface area contributed by atoms with Crippen molar-refractivity contribution >= 4 is 5.91 Å². The Kier molecular flexibility index (Phi) is 12.1. The molecule has 15 atom stereocenters. The van der Waals surface area contributed by atoms with Gasteiger partial charge in [0.05, 0.1) is 26.4 Å². The van der Waals surface area contributed by atoms with Gasteiger partial charge in [0.1, 0.15) is 73.2 Å². The molecule has 0 aromatic rings. The summed E-state index contributed by atoms with van der Waals surface area (Å²) < 4.78 is 33.3. The molecule has 0 saturated carbocycles. The second-order valence-corrected chi connectivity index (χ2v) is 9.71. The second-order valence-electron chi connectivity index (χ2n) is 9.71. The zero-order chi connectivity index (χ0) is 29.7. The van der Waals surface area contributed by atoms with Crippen LogP contribution in [0.1, 0.15) is 6.92 Å². The molecule has 0 unspecified atom stereocenters. The number of aliphatic hydroxyl groups excluding tert-OH is 9. The Bertz CT molecular complexity index is 822. The van der Waals surface area contributed by atoms with Gasteiger partial charge in [-0.1, -0.05) is 6.08 Å². The Morgan fingerprint density at radius 2 is 1.30 bits per heavy atom. The topological polar surface area (TPSA) is 267 Å². The van der Waals surface area contributed by atoms with Crippen LogP contribution >= 0.6 is 0 Å². The molecule has 17 heteroatoms. The van der Waals surface area contributed by atoms with Gasteiger partial charge in [0.15, 0.2) is 18.9 Å². The predicted octanol–water partition coefficient (Wildman–Crippen LogP) is -6.22. The molecule has 0 bridgehead atoms. The number of hydrogen-bond donors (Lipinski definition) is 10. The summed E-state index contributed by atoms with van der Waals surface area (Å²) >= 11 is 0. The van der Waals surface area contributed by atoms with Gasteiger partial charge in [0, 0.05) is 6.92 Å².